The summed E-state index contributed by atoms with van der Waals surface area (Å²) < 4.78 is 0. The molecule has 2 fully saturated rings. The summed E-state index contributed by atoms with van der Waals surface area (Å²) in [6.07, 6.45) is 0. The highest BCUT2D eigenvalue weighted by atomic mass is 32.2. The number of amides is 3. The molecule has 2 N–H and O–H groups in total. The zero-order valence-electron chi connectivity index (χ0n) is 10.3. The largest absolute Gasteiger partial charge is 0.325 e. The van der Waals surface area contributed by atoms with E-state index in [1.807, 2.05) is 11.8 Å². The van der Waals surface area contributed by atoms with Gasteiger partial charge < -0.3 is 10.6 Å². The minimum absolute atomic E-state index is 0.117. The molecule has 0 bridgehead atoms. The highest BCUT2D eigenvalue weighted by Crippen LogP contribution is 2.18. The first-order valence-electron chi connectivity index (χ1n) is 5.93. The molecule has 2 rings (SSSR count). The molecule has 0 spiro atoms. The predicted molar refractivity (Wildman–Crippen MR) is 68.0 cm³/mol. The van der Waals surface area contributed by atoms with E-state index in [1.54, 1.807) is 13.8 Å². The van der Waals surface area contributed by atoms with Crippen LogP contribution in [0, 0.1) is 5.92 Å². The fraction of sp³-hybridized carbons (Fsp3) is 0.818. The van der Waals surface area contributed by atoms with E-state index in [1.165, 1.54) is 4.90 Å². The van der Waals surface area contributed by atoms with Gasteiger partial charge in [0.05, 0.1) is 0 Å². The van der Waals surface area contributed by atoms with Gasteiger partial charge in [0, 0.05) is 12.3 Å². The van der Waals surface area contributed by atoms with Crippen molar-refractivity contribution in [2.24, 2.45) is 5.92 Å². The lowest BCUT2D eigenvalue weighted by molar-refractivity contribution is -0.130. The quantitative estimate of drug-likeness (QED) is 0.548. The Balaban J connectivity index is 1.71. The number of hydrogen-bond donors (Lipinski definition) is 2. The topological polar surface area (TPSA) is 61.4 Å². The molecule has 0 atom stereocenters. The number of hydrogen-bond acceptors (Lipinski definition) is 4. The Bertz CT molecular complexity index is 329. The van der Waals surface area contributed by atoms with Gasteiger partial charge in [0.15, 0.2) is 0 Å². The van der Waals surface area contributed by atoms with Crippen molar-refractivity contribution in [2.45, 2.75) is 19.4 Å². The molecule has 0 aromatic rings. The average molecular weight is 257 g/mol. The summed E-state index contributed by atoms with van der Waals surface area (Å²) in [7, 11) is 0. The summed E-state index contributed by atoms with van der Waals surface area (Å²) in [5.41, 5.74) is -0.736. The number of nitrogens with one attached hydrogen (secondary N) is 2. The van der Waals surface area contributed by atoms with E-state index in [4.69, 9.17) is 0 Å². The van der Waals surface area contributed by atoms with Crippen molar-refractivity contribution in [2.75, 3.05) is 31.1 Å². The van der Waals surface area contributed by atoms with Gasteiger partial charge in [0.1, 0.15) is 5.54 Å². The Kier molecular flexibility index (Phi) is 3.63. The summed E-state index contributed by atoms with van der Waals surface area (Å²) in [5, 5.41) is 5.91. The van der Waals surface area contributed by atoms with Crippen LogP contribution in [0.1, 0.15) is 13.8 Å². The lowest BCUT2D eigenvalue weighted by Gasteiger charge is -2.26. The highest BCUT2D eigenvalue weighted by Gasteiger charge is 2.43. The number of carbonyl (C=O) groups is 2. The number of urea groups is 1. The van der Waals surface area contributed by atoms with E-state index in [0.717, 1.165) is 30.5 Å². The van der Waals surface area contributed by atoms with E-state index in [2.05, 4.69) is 10.6 Å². The van der Waals surface area contributed by atoms with Crippen LogP contribution in [0.25, 0.3) is 0 Å². The van der Waals surface area contributed by atoms with Crippen molar-refractivity contribution in [1.82, 2.24) is 15.5 Å². The minimum Gasteiger partial charge on any atom is -0.324 e. The van der Waals surface area contributed by atoms with Crippen molar-refractivity contribution in [3.63, 3.8) is 0 Å². The first kappa shape index (κ1) is 12.7. The van der Waals surface area contributed by atoms with Crippen LogP contribution < -0.4 is 10.6 Å². The van der Waals surface area contributed by atoms with Gasteiger partial charge in [-0.25, -0.2) is 4.79 Å². The van der Waals surface area contributed by atoms with E-state index in [0.29, 0.717) is 6.54 Å². The van der Waals surface area contributed by atoms with Crippen LogP contribution in [0.3, 0.4) is 0 Å². The second kappa shape index (κ2) is 4.86. The van der Waals surface area contributed by atoms with Crippen LogP contribution in [-0.2, 0) is 4.79 Å². The number of rotatable bonds is 5. The second-order valence-electron chi connectivity index (χ2n) is 5.11. The maximum absolute atomic E-state index is 11.9. The average Bonchev–Trinajstić information content (AvgIpc) is 2.36. The van der Waals surface area contributed by atoms with E-state index in [-0.39, 0.29) is 11.9 Å². The lowest BCUT2D eigenvalue weighted by Crippen LogP contribution is -2.43. The van der Waals surface area contributed by atoms with Crippen LogP contribution in [0.5, 0.6) is 0 Å². The number of imide groups is 1. The second-order valence-corrected chi connectivity index (χ2v) is 6.26. The van der Waals surface area contributed by atoms with Gasteiger partial charge in [-0.3, -0.25) is 9.69 Å². The van der Waals surface area contributed by atoms with Gasteiger partial charge >= 0.3 is 6.03 Å². The van der Waals surface area contributed by atoms with Gasteiger partial charge in [0.2, 0.25) is 0 Å². The Morgan fingerprint density at radius 3 is 2.59 bits per heavy atom. The molecule has 17 heavy (non-hydrogen) atoms. The summed E-state index contributed by atoms with van der Waals surface area (Å²) >= 11 is 1.81. The van der Waals surface area contributed by atoms with Gasteiger partial charge in [-0.05, 0) is 38.6 Å². The van der Waals surface area contributed by atoms with Crippen LogP contribution in [0.2, 0.25) is 0 Å². The van der Waals surface area contributed by atoms with E-state index >= 15 is 0 Å². The lowest BCUT2D eigenvalue weighted by atomic mass is 10.1. The zero-order valence-corrected chi connectivity index (χ0v) is 11.1. The molecule has 0 saturated carbocycles. The first-order chi connectivity index (χ1) is 8.00. The summed E-state index contributed by atoms with van der Waals surface area (Å²) in [5.74, 6) is 2.58. The molecular weight excluding hydrogens is 238 g/mol. The Labute approximate surface area is 106 Å². The molecule has 0 aliphatic carbocycles. The third kappa shape index (κ3) is 2.74. The van der Waals surface area contributed by atoms with Crippen molar-refractivity contribution in [1.29, 1.82) is 0 Å². The Morgan fingerprint density at radius 2 is 2.12 bits per heavy atom. The van der Waals surface area contributed by atoms with Gasteiger partial charge in [0.25, 0.3) is 5.91 Å². The zero-order chi connectivity index (χ0) is 12.5. The third-order valence-electron chi connectivity index (χ3n) is 3.12. The van der Waals surface area contributed by atoms with Gasteiger partial charge in [-0.1, -0.05) is 0 Å². The Hall–Kier alpha value is -0.750. The van der Waals surface area contributed by atoms with Crippen LogP contribution in [0.15, 0.2) is 0 Å². The summed E-state index contributed by atoms with van der Waals surface area (Å²) in [6, 6.07) is -0.258. The molecule has 0 unspecified atom stereocenters. The molecule has 6 heteroatoms. The molecule has 2 saturated heterocycles. The van der Waals surface area contributed by atoms with Gasteiger partial charge in [-0.15, -0.1) is 0 Å². The fourth-order valence-electron chi connectivity index (χ4n) is 1.89. The molecular formula is C11H19N3O2S. The molecule has 0 aromatic heterocycles. The molecule has 2 heterocycles. The molecule has 3 amide bonds. The highest BCUT2D eigenvalue weighted by molar-refractivity contribution is 7.99. The first-order valence-corrected chi connectivity index (χ1v) is 7.09. The maximum atomic E-state index is 11.9. The van der Waals surface area contributed by atoms with Crippen LogP contribution in [-0.4, -0.2) is 53.5 Å². The molecule has 5 nitrogen and oxygen atoms in total. The number of carbonyl (C=O) groups excluding carboxylic acids is 2. The van der Waals surface area contributed by atoms with Crippen molar-refractivity contribution in [3.8, 4) is 0 Å². The molecule has 0 radical (unpaired) electrons. The fourth-order valence-corrected chi connectivity index (χ4v) is 2.94. The van der Waals surface area contributed by atoms with Crippen LogP contribution >= 0.6 is 11.8 Å². The van der Waals surface area contributed by atoms with Gasteiger partial charge in [-0.2, -0.15) is 11.8 Å². The molecule has 2 aliphatic rings. The molecule has 2 aliphatic heterocycles. The third-order valence-corrected chi connectivity index (χ3v) is 4.30. The van der Waals surface area contributed by atoms with Crippen LogP contribution in [0.4, 0.5) is 4.79 Å². The van der Waals surface area contributed by atoms with Crippen molar-refractivity contribution in [3.05, 3.63) is 0 Å². The predicted octanol–water partition coefficient (Wildman–Crippen LogP) is 0.269. The summed E-state index contributed by atoms with van der Waals surface area (Å²) in [6.45, 7) is 6.19. The molecule has 96 valence electrons. The maximum Gasteiger partial charge on any atom is 0.325 e. The summed E-state index contributed by atoms with van der Waals surface area (Å²) in [4.78, 5) is 24.8. The number of nitrogens with zero attached hydrogens (tertiary/aromatic N) is 1. The normalized spacial score (nSPS) is 23.8. The van der Waals surface area contributed by atoms with E-state index in [9.17, 15) is 9.59 Å². The van der Waals surface area contributed by atoms with Crippen molar-refractivity contribution >= 4 is 23.7 Å². The Morgan fingerprint density at radius 1 is 1.41 bits per heavy atom. The minimum atomic E-state index is -0.736. The van der Waals surface area contributed by atoms with E-state index < -0.39 is 5.54 Å². The van der Waals surface area contributed by atoms with Crippen molar-refractivity contribution < 1.29 is 9.59 Å². The molecule has 0 aromatic carbocycles. The smallest absolute Gasteiger partial charge is 0.324 e. The standard InChI is InChI=1S/C11H19N3O2S/c1-11(2)9(15)14(10(16)13-11)3-4-17-7-8-5-12-6-8/h8,12H,3-7H2,1-2H3,(H,13,16). The monoisotopic (exact) mass is 257 g/mol. The number of thioether (sulfide) groups is 1. The SMILES string of the molecule is CC1(C)NC(=O)N(CCSCC2CNC2)C1=O.